The monoisotopic (exact) mass is 574 g/mol. The smallest absolute Gasteiger partial charge is 0.0681 e. The molecule has 2 aromatic rings. The Hall–Kier alpha value is -0.381. The second kappa shape index (κ2) is 33.3. The zero-order valence-corrected chi connectivity index (χ0v) is 22.2. The summed E-state index contributed by atoms with van der Waals surface area (Å²) >= 11 is 0. The van der Waals surface area contributed by atoms with Gasteiger partial charge < -0.3 is 16.8 Å². The average Bonchev–Trinajstić information content (AvgIpc) is 2.80. The third-order valence-corrected chi connectivity index (χ3v) is 3.43. The first kappa shape index (κ1) is 37.0. The normalized spacial score (nSPS) is 8.57. The number of rotatable bonds is 5. The molecule has 0 saturated carbocycles. The third-order valence-electron chi connectivity index (χ3n) is 3.43. The van der Waals surface area contributed by atoms with Crippen LogP contribution in [-0.2, 0) is 13.2 Å². The van der Waals surface area contributed by atoms with E-state index in [1.165, 1.54) is 17.5 Å². The number of benzene rings is 2. The summed E-state index contributed by atoms with van der Waals surface area (Å²) in [7, 11) is 0. The van der Waals surface area contributed by atoms with Gasteiger partial charge in [-0.1, -0.05) is 100 Å². The molecule has 0 atom stereocenters. The fraction of sp³-hybridized carbons (Fsp3) is 0.444. The number of hydrogen-bond donors (Lipinski definition) is 2. The first-order valence-electron chi connectivity index (χ1n) is 10.9. The summed E-state index contributed by atoms with van der Waals surface area (Å²) in [6, 6.07) is 18.1. The molecule has 0 spiro atoms. The van der Waals surface area contributed by atoms with Crippen molar-refractivity contribution in [2.24, 2.45) is 0 Å². The minimum absolute atomic E-state index is 0. The largest absolute Gasteiger partial charge is 0.392 e. The quantitative estimate of drug-likeness (QED) is 0.287. The van der Waals surface area contributed by atoms with Gasteiger partial charge in [-0.05, 0) is 38.4 Å². The molecule has 0 saturated heterocycles. The Bertz CT molecular complexity index is 550. The Balaban J connectivity index is -0.000000157. The van der Waals surface area contributed by atoms with Crippen LogP contribution in [0.4, 0.5) is 0 Å². The van der Waals surface area contributed by atoms with Gasteiger partial charge in [-0.3, -0.25) is 0 Å². The van der Waals surface area contributed by atoms with Crippen molar-refractivity contribution in [3.05, 3.63) is 89.9 Å². The summed E-state index contributed by atoms with van der Waals surface area (Å²) < 4.78 is 0. The second-order valence-electron chi connectivity index (χ2n) is 5.90. The molecule has 30 heavy (non-hydrogen) atoms. The molecular formula is C27H46NOYb-. The molecule has 180 valence electrons. The first-order valence-corrected chi connectivity index (χ1v) is 10.9. The zero-order valence-electron chi connectivity index (χ0n) is 20.5. The molecule has 0 heterocycles. The van der Waals surface area contributed by atoms with E-state index in [2.05, 4.69) is 63.7 Å². The zero-order chi connectivity index (χ0) is 22.8. The van der Waals surface area contributed by atoms with Crippen LogP contribution in [0.25, 0.3) is 0 Å². The van der Waals surface area contributed by atoms with Crippen LogP contribution in [0.5, 0.6) is 0 Å². The van der Waals surface area contributed by atoms with Gasteiger partial charge in [-0.2, -0.15) is 13.3 Å². The van der Waals surface area contributed by atoms with Gasteiger partial charge in [0.1, 0.15) is 0 Å². The van der Waals surface area contributed by atoms with Crippen molar-refractivity contribution in [2.75, 3.05) is 6.54 Å². The Morgan fingerprint density at radius 3 is 1.73 bits per heavy atom. The van der Waals surface area contributed by atoms with Crippen LogP contribution in [0.15, 0.2) is 66.7 Å². The number of aliphatic hydroxyl groups is 1. The Morgan fingerprint density at radius 1 is 0.900 bits per heavy atom. The maximum Gasteiger partial charge on any atom is 0.0681 e. The van der Waals surface area contributed by atoms with E-state index < -0.39 is 0 Å². The van der Waals surface area contributed by atoms with Gasteiger partial charge in [0.25, 0.3) is 0 Å². The molecule has 0 aliphatic rings. The van der Waals surface area contributed by atoms with Crippen molar-refractivity contribution >= 4 is 0 Å². The summed E-state index contributed by atoms with van der Waals surface area (Å²) in [4.78, 5) is 0. The standard InChI is InChI=1S/C10H15N.C7H8O.C4H9.C4H8.C2H6.Yb/c1-3-11-8-10-6-4-5-9(2)7-10;8-6-7-4-2-1-3-5-7;2*1-3-4-2;1-2;/h4-7,11H,3,8H2,1-2H3;1-5,8H,6H2;3H,4H2,1-2H3;3-4H,1-2H3;1-2H3;/q;;-1;;;/b;;;4-3-;;. The first-order chi connectivity index (χ1) is 14.1. The molecule has 2 N–H and O–H groups in total. The second-order valence-corrected chi connectivity index (χ2v) is 5.90. The van der Waals surface area contributed by atoms with E-state index in [-0.39, 0.29) is 53.5 Å². The van der Waals surface area contributed by atoms with E-state index in [1.54, 1.807) is 0 Å². The molecule has 0 aliphatic heterocycles. The van der Waals surface area contributed by atoms with Crippen LogP contribution < -0.4 is 5.32 Å². The molecule has 0 aliphatic carbocycles. The maximum atomic E-state index is 8.54. The number of hydrogen-bond acceptors (Lipinski definition) is 2. The van der Waals surface area contributed by atoms with Gasteiger partial charge in [0.2, 0.25) is 0 Å². The van der Waals surface area contributed by atoms with E-state index in [9.17, 15) is 0 Å². The number of aliphatic hydroxyl groups excluding tert-OH is 1. The molecule has 0 unspecified atom stereocenters. The van der Waals surface area contributed by atoms with Gasteiger partial charge in [0.15, 0.2) is 0 Å². The summed E-state index contributed by atoms with van der Waals surface area (Å²) in [5.41, 5.74) is 3.67. The van der Waals surface area contributed by atoms with E-state index >= 15 is 0 Å². The third kappa shape index (κ3) is 29.8. The molecule has 2 nitrogen and oxygen atoms in total. The van der Waals surface area contributed by atoms with E-state index in [0.29, 0.717) is 0 Å². The van der Waals surface area contributed by atoms with Crippen molar-refractivity contribution in [1.82, 2.24) is 5.32 Å². The summed E-state index contributed by atoms with van der Waals surface area (Å²) in [6.45, 7) is 18.6. The fourth-order valence-electron chi connectivity index (χ4n) is 1.67. The number of nitrogens with one attached hydrogen (secondary N) is 1. The molecular weight excluding hydrogens is 527 g/mol. The van der Waals surface area contributed by atoms with Crippen LogP contribution in [-0.4, -0.2) is 11.7 Å². The van der Waals surface area contributed by atoms with Crippen LogP contribution in [0.1, 0.15) is 71.6 Å². The minimum atomic E-state index is 0. The Morgan fingerprint density at radius 2 is 1.40 bits per heavy atom. The van der Waals surface area contributed by atoms with Crippen molar-refractivity contribution < 1.29 is 52.0 Å². The molecule has 0 bridgehead atoms. The van der Waals surface area contributed by atoms with Gasteiger partial charge >= 0.3 is 0 Å². The van der Waals surface area contributed by atoms with Crippen molar-refractivity contribution in [3.63, 3.8) is 0 Å². The molecule has 2 aromatic carbocycles. The van der Waals surface area contributed by atoms with Gasteiger partial charge in [-0.25, -0.2) is 0 Å². The predicted molar refractivity (Wildman–Crippen MR) is 133 cm³/mol. The average molecular weight is 574 g/mol. The molecule has 0 fully saturated rings. The molecule has 0 radical (unpaired) electrons. The van der Waals surface area contributed by atoms with Crippen LogP contribution in [0, 0.1) is 60.3 Å². The van der Waals surface area contributed by atoms with Crippen molar-refractivity contribution in [3.8, 4) is 0 Å². The van der Waals surface area contributed by atoms with Crippen LogP contribution in [0.2, 0.25) is 0 Å². The van der Waals surface area contributed by atoms with Crippen LogP contribution >= 0.6 is 0 Å². The van der Waals surface area contributed by atoms with Crippen molar-refractivity contribution in [2.45, 2.75) is 75.0 Å². The van der Waals surface area contributed by atoms with E-state index in [1.807, 2.05) is 70.2 Å². The molecule has 3 heteroatoms. The number of aryl methyl sites for hydroxylation is 1. The van der Waals surface area contributed by atoms with Gasteiger partial charge in [0.05, 0.1) is 6.61 Å². The van der Waals surface area contributed by atoms with E-state index in [0.717, 1.165) is 18.7 Å². The van der Waals surface area contributed by atoms with Gasteiger partial charge in [0, 0.05) is 53.5 Å². The SMILES string of the molecule is C/C=C\C.CC.CCNCc1cccc(C)c1.C[CH-]CC.OCc1ccccc1.[Yb]. The van der Waals surface area contributed by atoms with E-state index in [4.69, 9.17) is 5.11 Å². The fourth-order valence-corrected chi connectivity index (χ4v) is 1.67. The van der Waals surface area contributed by atoms with Crippen LogP contribution in [0.3, 0.4) is 0 Å². The molecule has 2 rings (SSSR count). The van der Waals surface area contributed by atoms with Crippen molar-refractivity contribution in [1.29, 1.82) is 0 Å². The Kier molecular flexibility index (Phi) is 41.0. The summed E-state index contributed by atoms with van der Waals surface area (Å²) in [5, 5.41) is 11.8. The summed E-state index contributed by atoms with van der Waals surface area (Å²) in [5.74, 6) is 0. The minimum Gasteiger partial charge on any atom is -0.392 e. The summed E-state index contributed by atoms with van der Waals surface area (Å²) in [6.07, 6.45) is 7.32. The predicted octanol–water partition coefficient (Wildman–Crippen LogP) is 7.51. The number of unbranched alkanes of at least 4 members (excludes halogenated alkanes) is 1. The maximum absolute atomic E-state index is 8.54. The molecule has 0 aromatic heterocycles. The Labute approximate surface area is 226 Å². The topological polar surface area (TPSA) is 32.3 Å². The number of allylic oxidation sites excluding steroid dienone is 2. The van der Waals surface area contributed by atoms with Gasteiger partial charge in [-0.15, -0.1) is 0 Å². The molecule has 0 amide bonds.